The Labute approximate surface area is 147 Å². The maximum absolute atomic E-state index is 11.5. The molecule has 0 aromatic heterocycles. The Morgan fingerprint density at radius 2 is 1.84 bits per heavy atom. The fourth-order valence-corrected chi connectivity index (χ4v) is 4.35. The van der Waals surface area contributed by atoms with Crippen LogP contribution in [0.4, 0.5) is 5.69 Å². The van der Waals surface area contributed by atoms with E-state index in [2.05, 4.69) is 6.58 Å². The van der Waals surface area contributed by atoms with Crippen molar-refractivity contribution >= 4 is 19.2 Å². The lowest BCUT2D eigenvalue weighted by Gasteiger charge is -2.24. The van der Waals surface area contributed by atoms with Crippen LogP contribution in [-0.4, -0.2) is 27.5 Å². The molecule has 25 heavy (non-hydrogen) atoms. The quantitative estimate of drug-likeness (QED) is 0.411. The highest BCUT2D eigenvalue weighted by Gasteiger charge is 2.31. The first-order valence-electron chi connectivity index (χ1n) is 7.68. The van der Waals surface area contributed by atoms with Crippen molar-refractivity contribution in [2.24, 2.45) is 0 Å². The minimum atomic E-state index is -2.42. The summed E-state index contributed by atoms with van der Waals surface area (Å²) in [7, 11) is 0.396. The molecule has 0 bridgehead atoms. The number of hydrogen-bond donors (Lipinski definition) is 0. The van der Waals surface area contributed by atoms with E-state index in [1.807, 2.05) is 42.6 Å². The van der Waals surface area contributed by atoms with Crippen molar-refractivity contribution < 1.29 is 18.8 Å². The number of hydrogen-bond acceptors (Lipinski definition) is 5. The van der Waals surface area contributed by atoms with Crippen LogP contribution in [0, 0.1) is 10.1 Å². The van der Waals surface area contributed by atoms with Crippen LogP contribution in [0.2, 0.25) is 6.55 Å². The molecule has 0 fully saturated rings. The molecule has 0 spiro atoms. The van der Waals surface area contributed by atoms with Gasteiger partial charge in [-0.15, -0.1) is 6.58 Å². The van der Waals surface area contributed by atoms with Crippen LogP contribution < -0.4 is 14.7 Å². The van der Waals surface area contributed by atoms with Crippen LogP contribution >= 0.6 is 0 Å². The Morgan fingerprint density at radius 3 is 2.36 bits per heavy atom. The number of nitrogens with zero attached hydrogens (tertiary/aromatic N) is 1. The van der Waals surface area contributed by atoms with Gasteiger partial charge in [0, 0.05) is 0 Å². The third-order valence-electron chi connectivity index (χ3n) is 4.05. The van der Waals surface area contributed by atoms with Crippen LogP contribution in [0.15, 0.2) is 54.7 Å². The molecule has 6 nitrogen and oxygen atoms in total. The number of ether oxygens (including phenoxy) is 2. The molecule has 0 saturated carbocycles. The average Bonchev–Trinajstić information content (AvgIpc) is 2.65. The summed E-state index contributed by atoms with van der Waals surface area (Å²) in [5.74, 6) is 0.403. The van der Waals surface area contributed by atoms with Gasteiger partial charge in [-0.2, -0.15) is 0 Å². The Bertz CT molecular complexity index is 766. The fourth-order valence-electron chi connectivity index (χ4n) is 2.52. The highest BCUT2D eigenvalue weighted by molar-refractivity contribution is 6.89. The van der Waals surface area contributed by atoms with E-state index in [0.717, 1.165) is 5.19 Å². The van der Waals surface area contributed by atoms with E-state index in [1.54, 1.807) is 12.1 Å². The van der Waals surface area contributed by atoms with Gasteiger partial charge < -0.3 is 13.9 Å². The topological polar surface area (TPSA) is 70.8 Å². The number of benzene rings is 2. The highest BCUT2D eigenvalue weighted by Crippen LogP contribution is 2.39. The molecule has 0 N–H and O–H groups in total. The van der Waals surface area contributed by atoms with Gasteiger partial charge in [0.25, 0.3) is 0 Å². The molecule has 0 amide bonds. The van der Waals surface area contributed by atoms with Crippen molar-refractivity contribution in [3.63, 3.8) is 0 Å². The highest BCUT2D eigenvalue weighted by atomic mass is 28.4. The molecular weight excluding hydrogens is 338 g/mol. The zero-order chi connectivity index (χ0) is 18.4. The first-order chi connectivity index (χ1) is 12.0. The number of rotatable bonds is 8. The number of nitro groups is 1. The SMILES string of the molecule is C=C[Si](C)(OCc1ccc(OC)c(OC)c1[N+](=O)[O-])c1ccccc1. The second-order valence-electron chi connectivity index (χ2n) is 5.53. The predicted molar refractivity (Wildman–Crippen MR) is 98.9 cm³/mol. The van der Waals surface area contributed by atoms with Crippen molar-refractivity contribution in [2.45, 2.75) is 13.2 Å². The molecule has 132 valence electrons. The lowest BCUT2D eigenvalue weighted by molar-refractivity contribution is -0.386. The van der Waals surface area contributed by atoms with Crippen molar-refractivity contribution in [3.8, 4) is 11.5 Å². The zero-order valence-corrected chi connectivity index (χ0v) is 15.5. The standard InChI is InChI=1S/C18H21NO5Si/c1-5-25(4,15-9-7-6-8-10-15)24-13-14-11-12-16(22-2)18(23-3)17(14)19(20)21/h5-12H,1,13H2,2-4H3. The summed E-state index contributed by atoms with van der Waals surface area (Å²) in [6.45, 7) is 5.98. The summed E-state index contributed by atoms with van der Waals surface area (Å²) >= 11 is 0. The third-order valence-corrected chi connectivity index (χ3v) is 7.05. The maximum atomic E-state index is 11.5. The van der Waals surface area contributed by atoms with E-state index in [-0.39, 0.29) is 18.0 Å². The second-order valence-corrected chi connectivity index (χ2v) is 9.02. The lowest BCUT2D eigenvalue weighted by atomic mass is 10.1. The Hall–Kier alpha value is -2.64. The monoisotopic (exact) mass is 359 g/mol. The van der Waals surface area contributed by atoms with Gasteiger partial charge in [-0.05, 0) is 23.9 Å². The van der Waals surface area contributed by atoms with E-state index >= 15 is 0 Å². The largest absolute Gasteiger partial charge is 0.493 e. The summed E-state index contributed by atoms with van der Waals surface area (Å²) < 4.78 is 16.5. The summed E-state index contributed by atoms with van der Waals surface area (Å²) in [6, 6.07) is 13.0. The van der Waals surface area contributed by atoms with Crippen molar-refractivity contribution in [3.05, 3.63) is 70.4 Å². The van der Waals surface area contributed by atoms with Gasteiger partial charge in [-0.1, -0.05) is 36.0 Å². The van der Waals surface area contributed by atoms with Crippen LogP contribution in [0.25, 0.3) is 0 Å². The van der Waals surface area contributed by atoms with Gasteiger partial charge in [0.15, 0.2) is 5.75 Å². The molecule has 1 atom stereocenters. The number of methoxy groups -OCH3 is 2. The van der Waals surface area contributed by atoms with Gasteiger partial charge in [0.05, 0.1) is 31.3 Å². The smallest absolute Gasteiger partial charge is 0.320 e. The zero-order valence-electron chi connectivity index (χ0n) is 14.5. The molecule has 2 aromatic rings. The van der Waals surface area contributed by atoms with Crippen molar-refractivity contribution in [1.29, 1.82) is 0 Å². The normalized spacial score (nSPS) is 12.9. The van der Waals surface area contributed by atoms with Gasteiger partial charge in [-0.25, -0.2) is 0 Å². The molecular formula is C18H21NO5Si. The van der Waals surface area contributed by atoms with Crippen molar-refractivity contribution in [1.82, 2.24) is 0 Å². The minimum Gasteiger partial charge on any atom is -0.493 e. The first-order valence-corrected chi connectivity index (χ1v) is 10.2. The van der Waals surface area contributed by atoms with Gasteiger partial charge >= 0.3 is 5.69 Å². The van der Waals surface area contributed by atoms with Crippen LogP contribution in [-0.2, 0) is 11.0 Å². The van der Waals surface area contributed by atoms with Gasteiger partial charge in [-0.3, -0.25) is 10.1 Å². The molecule has 0 aliphatic rings. The maximum Gasteiger partial charge on any atom is 0.320 e. The van der Waals surface area contributed by atoms with Gasteiger partial charge in [0.2, 0.25) is 14.1 Å². The third kappa shape index (κ3) is 3.89. The Morgan fingerprint density at radius 1 is 1.16 bits per heavy atom. The van der Waals surface area contributed by atoms with Crippen LogP contribution in [0.1, 0.15) is 5.56 Å². The van der Waals surface area contributed by atoms with Crippen LogP contribution in [0.3, 0.4) is 0 Å². The molecule has 2 rings (SSSR count). The summed E-state index contributed by atoms with van der Waals surface area (Å²) in [4.78, 5) is 11.1. The Balaban J connectivity index is 2.37. The molecule has 2 aromatic carbocycles. The second kappa shape index (κ2) is 7.95. The summed E-state index contributed by atoms with van der Waals surface area (Å²) in [6.07, 6.45) is 0. The first kappa shape index (κ1) is 18.7. The fraction of sp³-hybridized carbons (Fsp3) is 0.222. The molecule has 1 unspecified atom stereocenters. The molecule has 0 heterocycles. The number of nitro benzene ring substituents is 1. The molecule has 0 radical (unpaired) electrons. The van der Waals surface area contributed by atoms with E-state index in [1.165, 1.54) is 14.2 Å². The lowest BCUT2D eigenvalue weighted by Crippen LogP contribution is -2.46. The molecule has 0 aliphatic carbocycles. The predicted octanol–water partition coefficient (Wildman–Crippen LogP) is 3.34. The molecule has 0 aliphatic heterocycles. The summed E-state index contributed by atoms with van der Waals surface area (Å²) in [5.41, 5.74) is 2.10. The average molecular weight is 359 g/mol. The van der Waals surface area contributed by atoms with Gasteiger partial charge in [0.1, 0.15) is 0 Å². The van der Waals surface area contributed by atoms with E-state index in [0.29, 0.717) is 11.3 Å². The van der Waals surface area contributed by atoms with E-state index < -0.39 is 13.2 Å². The van der Waals surface area contributed by atoms with E-state index in [4.69, 9.17) is 13.9 Å². The van der Waals surface area contributed by atoms with Crippen LogP contribution in [0.5, 0.6) is 11.5 Å². The Kier molecular flexibility index (Phi) is 5.95. The molecule has 7 heteroatoms. The summed E-state index contributed by atoms with van der Waals surface area (Å²) in [5, 5.41) is 12.6. The molecule has 0 saturated heterocycles. The van der Waals surface area contributed by atoms with E-state index in [9.17, 15) is 10.1 Å². The van der Waals surface area contributed by atoms with Crippen molar-refractivity contribution in [2.75, 3.05) is 14.2 Å². The minimum absolute atomic E-state index is 0.0836.